The quantitative estimate of drug-likeness (QED) is 0.728. The lowest BCUT2D eigenvalue weighted by atomic mass is 10.2. The Morgan fingerprint density at radius 2 is 2.20 bits per heavy atom. The Labute approximate surface area is 86.7 Å². The van der Waals surface area contributed by atoms with Crippen LogP contribution in [0.25, 0.3) is 0 Å². The van der Waals surface area contributed by atoms with Crippen molar-refractivity contribution in [2.24, 2.45) is 0 Å². The highest BCUT2D eigenvalue weighted by Gasteiger charge is 2.17. The van der Waals surface area contributed by atoms with Gasteiger partial charge in [-0.25, -0.2) is 9.78 Å². The predicted molar refractivity (Wildman–Crippen MR) is 54.7 cm³/mol. The van der Waals surface area contributed by atoms with Gasteiger partial charge in [0.05, 0.1) is 0 Å². The summed E-state index contributed by atoms with van der Waals surface area (Å²) in [4.78, 5) is 28.5. The molecular weight excluding hydrogens is 198 g/mol. The number of hydrogen-bond acceptors (Lipinski definition) is 4. The molecule has 0 aromatic carbocycles. The molecule has 2 N–H and O–H groups in total. The van der Waals surface area contributed by atoms with Crippen LogP contribution in [0.15, 0.2) is 17.2 Å². The minimum absolute atomic E-state index is 0.0771. The van der Waals surface area contributed by atoms with E-state index in [0.29, 0.717) is 0 Å². The third-order valence-electron chi connectivity index (χ3n) is 1.33. The first kappa shape index (κ1) is 11.2. The summed E-state index contributed by atoms with van der Waals surface area (Å²) in [6.07, 6.45) is 2.04. The highest BCUT2D eigenvalue weighted by Crippen LogP contribution is 2.07. The first-order valence-corrected chi connectivity index (χ1v) is 4.42. The Balaban J connectivity index is 2.68. The monoisotopic (exact) mass is 211 g/mol. The van der Waals surface area contributed by atoms with Crippen molar-refractivity contribution in [3.8, 4) is 0 Å². The number of carbonyl (C=O) groups excluding carboxylic acids is 1. The minimum atomic E-state index is -0.702. The average molecular weight is 211 g/mol. The van der Waals surface area contributed by atoms with Crippen LogP contribution in [0.4, 0.5) is 10.6 Å². The number of rotatable bonds is 1. The van der Waals surface area contributed by atoms with E-state index >= 15 is 0 Å². The second-order valence-corrected chi connectivity index (χ2v) is 3.89. The third-order valence-corrected chi connectivity index (χ3v) is 1.33. The second kappa shape index (κ2) is 4.12. The summed E-state index contributed by atoms with van der Waals surface area (Å²) in [6, 6.07) is 0. The summed E-state index contributed by atoms with van der Waals surface area (Å²) < 4.78 is 4.95. The van der Waals surface area contributed by atoms with E-state index in [0.717, 1.165) is 0 Å². The van der Waals surface area contributed by atoms with Gasteiger partial charge in [-0.05, 0) is 20.8 Å². The highest BCUT2D eigenvalue weighted by atomic mass is 16.6. The van der Waals surface area contributed by atoms with Crippen molar-refractivity contribution in [2.75, 3.05) is 5.32 Å². The molecule has 0 spiro atoms. The van der Waals surface area contributed by atoms with Gasteiger partial charge in [-0.15, -0.1) is 0 Å². The topological polar surface area (TPSA) is 84.1 Å². The molecule has 0 saturated heterocycles. The zero-order valence-corrected chi connectivity index (χ0v) is 8.83. The molecule has 0 aliphatic carbocycles. The van der Waals surface area contributed by atoms with Crippen molar-refractivity contribution in [3.05, 3.63) is 22.7 Å². The van der Waals surface area contributed by atoms with Crippen molar-refractivity contribution in [1.82, 2.24) is 9.97 Å². The summed E-state index contributed by atoms with van der Waals surface area (Å²) >= 11 is 0. The zero-order valence-electron chi connectivity index (χ0n) is 8.83. The first-order chi connectivity index (χ1) is 6.88. The fourth-order valence-corrected chi connectivity index (χ4v) is 0.841. The molecule has 82 valence electrons. The lowest BCUT2D eigenvalue weighted by Gasteiger charge is -2.19. The van der Waals surface area contributed by atoms with Crippen molar-refractivity contribution in [3.63, 3.8) is 0 Å². The van der Waals surface area contributed by atoms with Crippen LogP contribution < -0.4 is 10.9 Å². The normalized spacial score (nSPS) is 10.9. The van der Waals surface area contributed by atoms with Crippen LogP contribution in [-0.2, 0) is 4.74 Å². The highest BCUT2D eigenvalue weighted by molar-refractivity contribution is 5.83. The van der Waals surface area contributed by atoms with E-state index < -0.39 is 17.3 Å². The van der Waals surface area contributed by atoms with Gasteiger partial charge in [0.2, 0.25) is 5.82 Å². The van der Waals surface area contributed by atoms with E-state index in [1.54, 1.807) is 20.8 Å². The fraction of sp³-hybridized carbons (Fsp3) is 0.444. The summed E-state index contributed by atoms with van der Waals surface area (Å²) in [7, 11) is 0. The first-order valence-electron chi connectivity index (χ1n) is 4.42. The van der Waals surface area contributed by atoms with Gasteiger partial charge in [0.15, 0.2) is 0 Å². The summed E-state index contributed by atoms with van der Waals surface area (Å²) in [5, 5.41) is 2.25. The molecule has 0 bridgehead atoms. The molecule has 1 aromatic heterocycles. The molecule has 6 nitrogen and oxygen atoms in total. The number of aromatic amines is 1. The van der Waals surface area contributed by atoms with Gasteiger partial charge in [0.1, 0.15) is 5.60 Å². The number of anilines is 1. The van der Waals surface area contributed by atoms with E-state index in [1.807, 2.05) is 0 Å². The van der Waals surface area contributed by atoms with Crippen LogP contribution >= 0.6 is 0 Å². The largest absolute Gasteiger partial charge is 0.444 e. The van der Waals surface area contributed by atoms with Gasteiger partial charge in [0.25, 0.3) is 5.56 Å². The molecule has 0 atom stereocenters. The molecule has 1 rings (SSSR count). The lowest BCUT2D eigenvalue weighted by Crippen LogP contribution is -2.29. The fourth-order valence-electron chi connectivity index (χ4n) is 0.841. The zero-order chi connectivity index (χ0) is 11.5. The number of nitrogens with zero attached hydrogens (tertiary/aromatic N) is 1. The van der Waals surface area contributed by atoms with Gasteiger partial charge in [-0.2, -0.15) is 0 Å². The van der Waals surface area contributed by atoms with Crippen LogP contribution in [0, 0.1) is 0 Å². The Hall–Kier alpha value is -1.85. The second-order valence-electron chi connectivity index (χ2n) is 3.89. The molecule has 0 aliphatic heterocycles. The van der Waals surface area contributed by atoms with E-state index in [9.17, 15) is 9.59 Å². The number of aromatic nitrogens is 2. The molecule has 6 heteroatoms. The number of nitrogens with one attached hydrogen (secondary N) is 2. The van der Waals surface area contributed by atoms with Crippen molar-refractivity contribution >= 4 is 11.9 Å². The number of ether oxygens (including phenoxy) is 1. The molecular formula is C9H13N3O3. The maximum Gasteiger partial charge on any atom is 0.413 e. The minimum Gasteiger partial charge on any atom is -0.444 e. The Kier molecular flexibility index (Phi) is 3.08. The predicted octanol–water partition coefficient (Wildman–Crippen LogP) is 1.12. The standard InChI is InChI=1S/C9H13N3O3/c1-9(2,3)15-8(14)12-6-7(13)11-5-4-10-6/h4-5H,1-3H3,(H,11,13)(H,10,12,14). The molecule has 15 heavy (non-hydrogen) atoms. The molecule has 0 radical (unpaired) electrons. The van der Waals surface area contributed by atoms with Crippen molar-refractivity contribution in [2.45, 2.75) is 26.4 Å². The maximum absolute atomic E-state index is 11.3. The molecule has 0 aliphatic rings. The van der Waals surface area contributed by atoms with Crippen LogP contribution in [-0.4, -0.2) is 21.7 Å². The smallest absolute Gasteiger partial charge is 0.413 e. The Bertz CT molecular complexity index is 406. The Morgan fingerprint density at radius 1 is 1.53 bits per heavy atom. The molecule has 1 aromatic rings. The van der Waals surface area contributed by atoms with Gasteiger partial charge < -0.3 is 9.72 Å². The SMILES string of the molecule is CC(C)(C)OC(=O)Nc1ncc[nH]c1=O. The van der Waals surface area contributed by atoms with Gasteiger partial charge >= 0.3 is 6.09 Å². The van der Waals surface area contributed by atoms with Crippen LogP contribution in [0.3, 0.4) is 0 Å². The number of carbonyl (C=O) groups is 1. The van der Waals surface area contributed by atoms with Crippen LogP contribution in [0.2, 0.25) is 0 Å². The van der Waals surface area contributed by atoms with E-state index in [-0.39, 0.29) is 5.82 Å². The van der Waals surface area contributed by atoms with Crippen LogP contribution in [0.1, 0.15) is 20.8 Å². The van der Waals surface area contributed by atoms with Gasteiger partial charge in [0, 0.05) is 12.4 Å². The summed E-state index contributed by atoms with van der Waals surface area (Å²) in [5.41, 5.74) is -1.07. The van der Waals surface area contributed by atoms with Gasteiger partial charge in [-0.1, -0.05) is 0 Å². The molecule has 1 heterocycles. The number of amides is 1. The number of H-pyrrole nitrogens is 1. The maximum atomic E-state index is 11.3. The van der Waals surface area contributed by atoms with E-state index in [4.69, 9.17) is 4.74 Å². The van der Waals surface area contributed by atoms with Gasteiger partial charge in [-0.3, -0.25) is 10.1 Å². The van der Waals surface area contributed by atoms with Crippen LogP contribution in [0.5, 0.6) is 0 Å². The third kappa shape index (κ3) is 3.80. The average Bonchev–Trinajstić information content (AvgIpc) is 2.05. The molecule has 1 amide bonds. The van der Waals surface area contributed by atoms with Crippen molar-refractivity contribution < 1.29 is 9.53 Å². The lowest BCUT2D eigenvalue weighted by molar-refractivity contribution is 0.0635. The van der Waals surface area contributed by atoms with E-state index in [1.165, 1.54) is 12.4 Å². The molecule has 0 fully saturated rings. The summed E-state index contributed by atoms with van der Waals surface area (Å²) in [5.74, 6) is -0.0771. The molecule has 0 saturated carbocycles. The Morgan fingerprint density at radius 3 is 2.73 bits per heavy atom. The van der Waals surface area contributed by atoms with E-state index in [2.05, 4.69) is 15.3 Å². The van der Waals surface area contributed by atoms with Crippen molar-refractivity contribution in [1.29, 1.82) is 0 Å². The molecule has 0 unspecified atom stereocenters. The summed E-state index contributed by atoms with van der Waals surface area (Å²) in [6.45, 7) is 5.19. The number of hydrogen-bond donors (Lipinski definition) is 2.